The van der Waals surface area contributed by atoms with Crippen LogP contribution in [0, 0.1) is 13.8 Å². The normalized spacial score (nSPS) is 13.6. The molecule has 158 valence electrons. The Hall–Kier alpha value is -2.43. The van der Waals surface area contributed by atoms with Crippen LogP contribution < -0.4 is 10.0 Å². The van der Waals surface area contributed by atoms with Crippen molar-refractivity contribution in [2.75, 3.05) is 5.32 Å². The quantitative estimate of drug-likeness (QED) is 0.632. The van der Waals surface area contributed by atoms with Gasteiger partial charge in [0.2, 0.25) is 10.0 Å². The van der Waals surface area contributed by atoms with Crippen LogP contribution in [0.25, 0.3) is 0 Å². The molecule has 0 spiro atoms. The fraction of sp³-hybridized carbons (Fsp3) is 0.389. The van der Waals surface area contributed by atoms with Gasteiger partial charge >= 0.3 is 5.97 Å². The number of benzene rings is 1. The molecule has 2 N–H and O–H groups in total. The lowest BCUT2D eigenvalue weighted by Crippen LogP contribution is -2.42. The molecule has 2 rings (SSSR count). The van der Waals surface area contributed by atoms with Crippen LogP contribution in [-0.4, -0.2) is 42.2 Å². The number of sulfonamides is 1. The molecular weight excluding hydrogens is 420 g/mol. The third-order valence-corrected chi connectivity index (χ3v) is 6.04. The number of hydrogen-bond donors (Lipinski definition) is 2. The molecule has 0 aliphatic carbocycles. The Bertz CT molecular complexity index is 1020. The third-order valence-electron chi connectivity index (χ3n) is 4.23. The minimum absolute atomic E-state index is 0.0464. The number of esters is 1. The van der Waals surface area contributed by atoms with Crippen molar-refractivity contribution in [1.82, 2.24) is 14.5 Å². The average molecular weight is 443 g/mol. The predicted molar refractivity (Wildman–Crippen MR) is 108 cm³/mol. The van der Waals surface area contributed by atoms with E-state index < -0.39 is 34.0 Å². The molecule has 1 amide bonds. The number of anilines is 1. The van der Waals surface area contributed by atoms with Crippen molar-refractivity contribution in [3.8, 4) is 0 Å². The number of nitrogens with one attached hydrogen (secondary N) is 2. The van der Waals surface area contributed by atoms with Crippen molar-refractivity contribution >= 4 is 39.2 Å². The standard InChI is InChI=1S/C18H23ClN4O5S/c1-10-16(12(3)23(5)21-10)20-17(24)13(4)28-18(25)11(2)22-29(26,27)15-8-6-14(19)7-9-15/h6-9,11,13,22H,1-5H3,(H,20,24)/t11-,13?/m0/s1. The summed E-state index contributed by atoms with van der Waals surface area (Å²) < 4.78 is 33.6. The maximum atomic E-state index is 12.3. The number of ether oxygens (including phenoxy) is 1. The monoisotopic (exact) mass is 442 g/mol. The maximum absolute atomic E-state index is 12.3. The minimum atomic E-state index is -3.96. The number of aryl methyl sites for hydroxylation is 2. The molecule has 0 saturated carbocycles. The number of carbonyl (C=O) groups is 2. The molecule has 1 heterocycles. The highest BCUT2D eigenvalue weighted by molar-refractivity contribution is 7.89. The molecule has 0 aliphatic heterocycles. The summed E-state index contributed by atoms with van der Waals surface area (Å²) in [5.41, 5.74) is 1.91. The molecule has 0 aliphatic rings. The van der Waals surface area contributed by atoms with Gasteiger partial charge in [-0.1, -0.05) is 11.6 Å². The number of carbonyl (C=O) groups excluding carboxylic acids is 2. The second-order valence-electron chi connectivity index (χ2n) is 6.53. The van der Waals surface area contributed by atoms with Crippen molar-refractivity contribution in [2.24, 2.45) is 7.05 Å². The van der Waals surface area contributed by atoms with Crippen LogP contribution in [0.15, 0.2) is 29.2 Å². The molecule has 1 unspecified atom stereocenters. The highest BCUT2D eigenvalue weighted by Gasteiger charge is 2.27. The number of rotatable bonds is 7. The molecule has 0 bridgehead atoms. The van der Waals surface area contributed by atoms with Gasteiger partial charge in [0.15, 0.2) is 6.10 Å². The van der Waals surface area contributed by atoms with E-state index in [0.717, 1.165) is 5.69 Å². The Kier molecular flexibility index (Phi) is 7.04. The van der Waals surface area contributed by atoms with E-state index >= 15 is 0 Å². The number of halogens is 1. The first-order valence-electron chi connectivity index (χ1n) is 8.72. The van der Waals surface area contributed by atoms with Crippen molar-refractivity contribution in [2.45, 2.75) is 44.7 Å². The van der Waals surface area contributed by atoms with Gasteiger partial charge in [-0.15, -0.1) is 0 Å². The van der Waals surface area contributed by atoms with Gasteiger partial charge in [0.25, 0.3) is 5.91 Å². The van der Waals surface area contributed by atoms with Gasteiger partial charge in [-0.05, 0) is 52.0 Å². The number of amides is 1. The molecule has 0 saturated heterocycles. The summed E-state index contributed by atoms with van der Waals surface area (Å²) in [7, 11) is -2.21. The molecule has 9 nitrogen and oxygen atoms in total. The molecule has 0 radical (unpaired) electrons. The Morgan fingerprint density at radius 2 is 1.76 bits per heavy atom. The maximum Gasteiger partial charge on any atom is 0.324 e. The zero-order chi connectivity index (χ0) is 21.9. The van der Waals surface area contributed by atoms with E-state index in [2.05, 4.69) is 15.1 Å². The lowest BCUT2D eigenvalue weighted by molar-refractivity contribution is -0.154. The molecule has 1 aromatic carbocycles. The van der Waals surface area contributed by atoms with E-state index in [4.69, 9.17) is 16.3 Å². The first-order valence-corrected chi connectivity index (χ1v) is 10.6. The Balaban J connectivity index is 1.99. The number of nitrogens with zero attached hydrogens (tertiary/aromatic N) is 2. The first-order chi connectivity index (χ1) is 13.4. The Labute approximate surface area is 174 Å². The highest BCUT2D eigenvalue weighted by atomic mass is 35.5. The zero-order valence-corrected chi connectivity index (χ0v) is 18.3. The molecule has 2 atom stereocenters. The van der Waals surface area contributed by atoms with Crippen LogP contribution in [-0.2, 0) is 31.4 Å². The second kappa shape index (κ2) is 8.93. The van der Waals surface area contributed by atoms with Crippen LogP contribution in [0.2, 0.25) is 5.02 Å². The van der Waals surface area contributed by atoms with Crippen molar-refractivity contribution in [3.05, 3.63) is 40.7 Å². The van der Waals surface area contributed by atoms with Gasteiger partial charge in [-0.25, -0.2) is 8.42 Å². The second-order valence-corrected chi connectivity index (χ2v) is 8.69. The molecule has 2 aromatic rings. The summed E-state index contributed by atoms with van der Waals surface area (Å²) in [6, 6.07) is 4.28. The van der Waals surface area contributed by atoms with E-state index in [1.807, 2.05) is 0 Å². The van der Waals surface area contributed by atoms with E-state index in [-0.39, 0.29) is 4.90 Å². The lowest BCUT2D eigenvalue weighted by atomic mass is 10.3. The average Bonchev–Trinajstić information content (AvgIpc) is 2.87. The van der Waals surface area contributed by atoms with Crippen LogP contribution in [0.5, 0.6) is 0 Å². The molecule has 29 heavy (non-hydrogen) atoms. The number of hydrogen-bond acceptors (Lipinski definition) is 6. The minimum Gasteiger partial charge on any atom is -0.451 e. The van der Waals surface area contributed by atoms with Crippen molar-refractivity contribution < 1.29 is 22.7 Å². The predicted octanol–water partition coefficient (Wildman–Crippen LogP) is 1.93. The van der Waals surface area contributed by atoms with Gasteiger partial charge in [-0.2, -0.15) is 9.82 Å². The van der Waals surface area contributed by atoms with E-state index in [9.17, 15) is 18.0 Å². The first kappa shape index (κ1) is 22.9. The third kappa shape index (κ3) is 5.55. The van der Waals surface area contributed by atoms with E-state index in [0.29, 0.717) is 16.4 Å². The van der Waals surface area contributed by atoms with Crippen molar-refractivity contribution in [1.29, 1.82) is 0 Å². The van der Waals surface area contributed by atoms with Gasteiger partial charge in [0, 0.05) is 12.1 Å². The molecule has 0 fully saturated rings. The lowest BCUT2D eigenvalue weighted by Gasteiger charge is -2.18. The van der Waals surface area contributed by atoms with Gasteiger partial charge in [0.05, 0.1) is 22.0 Å². The van der Waals surface area contributed by atoms with Crippen LogP contribution in [0.3, 0.4) is 0 Å². The summed E-state index contributed by atoms with van der Waals surface area (Å²) in [6.45, 7) is 6.26. The largest absolute Gasteiger partial charge is 0.451 e. The Morgan fingerprint density at radius 1 is 1.17 bits per heavy atom. The van der Waals surface area contributed by atoms with Gasteiger partial charge in [0.1, 0.15) is 6.04 Å². The molecular formula is C18H23ClN4O5S. The SMILES string of the molecule is Cc1nn(C)c(C)c1NC(=O)C(C)OC(=O)[C@H](C)NS(=O)(=O)c1ccc(Cl)cc1. The fourth-order valence-electron chi connectivity index (χ4n) is 2.47. The van der Waals surface area contributed by atoms with Crippen LogP contribution in [0.1, 0.15) is 25.2 Å². The summed E-state index contributed by atoms with van der Waals surface area (Å²) in [6.07, 6.45) is -1.14. The number of aromatic nitrogens is 2. The Morgan fingerprint density at radius 3 is 2.28 bits per heavy atom. The molecule has 1 aromatic heterocycles. The van der Waals surface area contributed by atoms with Gasteiger partial charge in [-0.3, -0.25) is 14.3 Å². The van der Waals surface area contributed by atoms with Crippen LogP contribution in [0.4, 0.5) is 5.69 Å². The van der Waals surface area contributed by atoms with E-state index in [1.54, 1.807) is 25.6 Å². The zero-order valence-electron chi connectivity index (χ0n) is 16.7. The highest BCUT2D eigenvalue weighted by Crippen LogP contribution is 2.19. The van der Waals surface area contributed by atoms with Crippen LogP contribution >= 0.6 is 11.6 Å². The molecule has 11 heteroatoms. The topological polar surface area (TPSA) is 119 Å². The van der Waals surface area contributed by atoms with Crippen molar-refractivity contribution in [3.63, 3.8) is 0 Å². The summed E-state index contributed by atoms with van der Waals surface area (Å²) in [4.78, 5) is 24.5. The summed E-state index contributed by atoms with van der Waals surface area (Å²) >= 11 is 5.75. The fourth-order valence-corrected chi connectivity index (χ4v) is 3.79. The van der Waals surface area contributed by atoms with E-state index in [1.165, 1.54) is 38.1 Å². The van der Waals surface area contributed by atoms with Gasteiger partial charge < -0.3 is 10.1 Å². The summed E-state index contributed by atoms with van der Waals surface area (Å²) in [5, 5.41) is 7.25. The summed E-state index contributed by atoms with van der Waals surface area (Å²) in [5.74, 6) is -1.44. The smallest absolute Gasteiger partial charge is 0.324 e.